The van der Waals surface area contributed by atoms with Crippen LogP contribution in [0.25, 0.3) is 10.9 Å². The van der Waals surface area contributed by atoms with Gasteiger partial charge in [-0.15, -0.1) is 0 Å². The summed E-state index contributed by atoms with van der Waals surface area (Å²) in [4.78, 5) is 20.8. The summed E-state index contributed by atoms with van der Waals surface area (Å²) in [6.45, 7) is 1.89. The molecule has 0 amide bonds. The molecule has 0 aliphatic heterocycles. The van der Waals surface area contributed by atoms with Gasteiger partial charge in [-0.3, -0.25) is 14.8 Å². The zero-order chi connectivity index (χ0) is 16.4. The van der Waals surface area contributed by atoms with E-state index >= 15 is 0 Å². The Morgan fingerprint density at radius 2 is 2.04 bits per heavy atom. The van der Waals surface area contributed by atoms with E-state index in [1.165, 1.54) is 12.1 Å². The monoisotopic (exact) mass is 305 g/mol. The van der Waals surface area contributed by atoms with Crippen molar-refractivity contribution in [2.24, 2.45) is 0 Å². The quantitative estimate of drug-likeness (QED) is 0.694. The Labute approximate surface area is 132 Å². The summed E-state index contributed by atoms with van der Waals surface area (Å²) >= 11 is 0. The van der Waals surface area contributed by atoms with Crippen LogP contribution in [-0.2, 0) is 0 Å². The number of halogens is 1. The molecule has 0 saturated heterocycles. The molecule has 2 heterocycles. The number of fused-ring (bicyclic) bond motifs is 1. The standard InChI is InChI=1S/C18H12FN3O/c1-11-2-3-12-8-13(4-6-16(12)22-11)18(23)15(9-20)17-7-5-14(19)10-21-17/h2-8,10,15H,1H3. The van der Waals surface area contributed by atoms with E-state index in [1.54, 1.807) is 18.2 Å². The van der Waals surface area contributed by atoms with Crippen molar-refractivity contribution in [2.45, 2.75) is 12.8 Å². The zero-order valence-electron chi connectivity index (χ0n) is 12.3. The third kappa shape index (κ3) is 2.92. The minimum absolute atomic E-state index is 0.237. The lowest BCUT2D eigenvalue weighted by Gasteiger charge is -2.08. The van der Waals surface area contributed by atoms with Crippen molar-refractivity contribution in [1.82, 2.24) is 9.97 Å². The number of pyridine rings is 2. The maximum absolute atomic E-state index is 12.9. The van der Waals surface area contributed by atoms with Crippen molar-refractivity contribution in [3.05, 3.63) is 71.4 Å². The van der Waals surface area contributed by atoms with E-state index in [-0.39, 0.29) is 11.5 Å². The molecule has 0 aliphatic carbocycles. The van der Waals surface area contributed by atoms with Crippen LogP contribution in [0.4, 0.5) is 4.39 Å². The van der Waals surface area contributed by atoms with Crippen molar-refractivity contribution in [3.63, 3.8) is 0 Å². The van der Waals surface area contributed by atoms with Crippen LogP contribution in [0.3, 0.4) is 0 Å². The second-order valence-corrected chi connectivity index (χ2v) is 5.19. The molecule has 1 aromatic carbocycles. The number of carbonyl (C=O) groups is 1. The summed E-state index contributed by atoms with van der Waals surface area (Å²) in [6.07, 6.45) is 1.00. The third-order valence-electron chi connectivity index (χ3n) is 3.55. The van der Waals surface area contributed by atoms with Gasteiger partial charge in [0.1, 0.15) is 5.82 Å². The molecule has 0 N–H and O–H groups in total. The Morgan fingerprint density at radius 1 is 1.22 bits per heavy atom. The predicted molar refractivity (Wildman–Crippen MR) is 83.4 cm³/mol. The normalized spacial score (nSPS) is 11.9. The number of carbonyl (C=O) groups excluding carboxylic acids is 1. The molecule has 1 atom stereocenters. The first-order valence-electron chi connectivity index (χ1n) is 7.01. The average molecular weight is 305 g/mol. The Kier molecular flexibility index (Phi) is 3.82. The number of nitrogens with zero attached hydrogens (tertiary/aromatic N) is 3. The van der Waals surface area contributed by atoms with E-state index in [2.05, 4.69) is 9.97 Å². The number of benzene rings is 1. The number of nitriles is 1. The van der Waals surface area contributed by atoms with Gasteiger partial charge in [0.25, 0.3) is 0 Å². The van der Waals surface area contributed by atoms with Gasteiger partial charge >= 0.3 is 0 Å². The fourth-order valence-electron chi connectivity index (χ4n) is 2.36. The minimum atomic E-state index is -1.06. The molecule has 5 heteroatoms. The van der Waals surface area contributed by atoms with Crippen LogP contribution >= 0.6 is 0 Å². The van der Waals surface area contributed by atoms with Gasteiger partial charge in [0, 0.05) is 16.6 Å². The van der Waals surface area contributed by atoms with E-state index in [1.807, 2.05) is 25.1 Å². The molecule has 2 aromatic heterocycles. The Hall–Kier alpha value is -3.13. The summed E-state index contributed by atoms with van der Waals surface area (Å²) in [5, 5.41) is 10.1. The van der Waals surface area contributed by atoms with E-state index in [4.69, 9.17) is 0 Å². The van der Waals surface area contributed by atoms with Crippen LogP contribution in [0.15, 0.2) is 48.7 Å². The van der Waals surface area contributed by atoms with Crippen LogP contribution in [0.2, 0.25) is 0 Å². The van der Waals surface area contributed by atoms with Crippen molar-refractivity contribution >= 4 is 16.7 Å². The van der Waals surface area contributed by atoms with Gasteiger partial charge in [0.15, 0.2) is 11.7 Å². The first-order chi connectivity index (χ1) is 11.1. The number of aromatic nitrogens is 2. The maximum Gasteiger partial charge on any atom is 0.186 e. The molecule has 0 radical (unpaired) electrons. The fraction of sp³-hybridized carbons (Fsp3) is 0.111. The second-order valence-electron chi connectivity index (χ2n) is 5.19. The highest BCUT2D eigenvalue weighted by atomic mass is 19.1. The molecular formula is C18H12FN3O. The van der Waals surface area contributed by atoms with Gasteiger partial charge < -0.3 is 0 Å². The number of rotatable bonds is 3. The highest BCUT2D eigenvalue weighted by Crippen LogP contribution is 2.22. The van der Waals surface area contributed by atoms with Gasteiger partial charge in [-0.25, -0.2) is 4.39 Å². The van der Waals surface area contributed by atoms with Crippen molar-refractivity contribution in [1.29, 1.82) is 5.26 Å². The number of hydrogen-bond acceptors (Lipinski definition) is 4. The molecule has 0 aliphatic rings. The van der Waals surface area contributed by atoms with Gasteiger partial charge in [-0.1, -0.05) is 6.07 Å². The minimum Gasteiger partial charge on any atom is -0.292 e. The summed E-state index contributed by atoms with van der Waals surface area (Å²) < 4.78 is 12.9. The molecule has 0 fully saturated rings. The fourth-order valence-corrected chi connectivity index (χ4v) is 2.36. The lowest BCUT2D eigenvalue weighted by Crippen LogP contribution is -2.12. The van der Waals surface area contributed by atoms with Crippen molar-refractivity contribution in [2.75, 3.05) is 0 Å². The SMILES string of the molecule is Cc1ccc2cc(C(=O)C(C#N)c3ccc(F)cn3)ccc2n1. The maximum atomic E-state index is 12.9. The second kappa shape index (κ2) is 5.93. The summed E-state index contributed by atoms with van der Waals surface area (Å²) in [6, 6.07) is 13.3. The summed E-state index contributed by atoms with van der Waals surface area (Å²) in [7, 11) is 0. The lowest BCUT2D eigenvalue weighted by molar-refractivity contribution is 0.0977. The van der Waals surface area contributed by atoms with E-state index in [0.717, 1.165) is 22.8 Å². The Morgan fingerprint density at radius 3 is 2.74 bits per heavy atom. The van der Waals surface area contributed by atoms with E-state index in [0.29, 0.717) is 5.56 Å². The Bertz CT molecular complexity index is 929. The van der Waals surface area contributed by atoms with Crippen molar-refractivity contribution < 1.29 is 9.18 Å². The van der Waals surface area contributed by atoms with E-state index in [9.17, 15) is 14.4 Å². The van der Waals surface area contributed by atoms with E-state index < -0.39 is 11.7 Å². The van der Waals surface area contributed by atoms with Crippen LogP contribution in [0, 0.1) is 24.1 Å². The first kappa shape index (κ1) is 14.8. The van der Waals surface area contributed by atoms with Crippen LogP contribution in [0.1, 0.15) is 27.7 Å². The molecule has 3 rings (SSSR count). The molecule has 112 valence electrons. The predicted octanol–water partition coefficient (Wildman–Crippen LogP) is 3.57. The highest BCUT2D eigenvalue weighted by molar-refractivity contribution is 6.04. The molecule has 3 aromatic rings. The average Bonchev–Trinajstić information content (AvgIpc) is 2.56. The van der Waals surface area contributed by atoms with Gasteiger partial charge in [-0.2, -0.15) is 5.26 Å². The topological polar surface area (TPSA) is 66.6 Å². The summed E-state index contributed by atoms with van der Waals surface area (Å²) in [5.74, 6) is -1.94. The number of aryl methyl sites for hydroxylation is 1. The van der Waals surface area contributed by atoms with Crippen LogP contribution < -0.4 is 0 Å². The highest BCUT2D eigenvalue weighted by Gasteiger charge is 2.23. The molecule has 4 nitrogen and oxygen atoms in total. The molecule has 23 heavy (non-hydrogen) atoms. The lowest BCUT2D eigenvalue weighted by atomic mass is 9.94. The van der Waals surface area contributed by atoms with Crippen molar-refractivity contribution in [3.8, 4) is 6.07 Å². The molecule has 1 unspecified atom stereocenters. The van der Waals surface area contributed by atoms with Crippen LogP contribution in [0.5, 0.6) is 0 Å². The molecular weight excluding hydrogens is 293 g/mol. The number of hydrogen-bond donors (Lipinski definition) is 0. The zero-order valence-corrected chi connectivity index (χ0v) is 12.3. The molecule has 0 spiro atoms. The third-order valence-corrected chi connectivity index (χ3v) is 3.55. The largest absolute Gasteiger partial charge is 0.292 e. The Balaban J connectivity index is 1.99. The first-order valence-corrected chi connectivity index (χ1v) is 7.01. The van der Waals surface area contributed by atoms with Gasteiger partial charge in [0.2, 0.25) is 0 Å². The van der Waals surface area contributed by atoms with Crippen LogP contribution in [-0.4, -0.2) is 15.8 Å². The smallest absolute Gasteiger partial charge is 0.186 e. The van der Waals surface area contributed by atoms with Gasteiger partial charge in [-0.05, 0) is 43.3 Å². The number of ketones is 1. The number of Topliss-reactive ketones (excluding diaryl/α,β-unsaturated/α-hetero) is 1. The summed E-state index contributed by atoms with van der Waals surface area (Å²) in [5.41, 5.74) is 2.32. The molecule has 0 bridgehead atoms. The van der Waals surface area contributed by atoms with Gasteiger partial charge in [0.05, 0.1) is 23.5 Å². The molecule has 0 saturated carbocycles.